The fourth-order valence-electron chi connectivity index (χ4n) is 7.93. The number of rotatable bonds is 8. The van der Waals surface area contributed by atoms with E-state index >= 15 is 4.39 Å². The summed E-state index contributed by atoms with van der Waals surface area (Å²) in [6.45, 7) is 18.5. The molecule has 0 aliphatic rings. The predicted molar refractivity (Wildman–Crippen MR) is 232 cm³/mol. The number of para-hydroxylation sites is 1. The van der Waals surface area contributed by atoms with Crippen LogP contribution in [0.5, 0.6) is 5.75 Å². The van der Waals surface area contributed by atoms with E-state index in [0.717, 1.165) is 61.2 Å². The summed E-state index contributed by atoms with van der Waals surface area (Å²) in [5.74, 6) is 0.953. The Morgan fingerprint density at radius 2 is 1.45 bits per heavy atom. The smallest absolute Gasteiger partial charge is 0.148 e. The summed E-state index contributed by atoms with van der Waals surface area (Å²) in [6, 6.07) is 38.2. The molecular weight excluding hydrogens is 901 g/mol. The number of imidazole rings is 1. The van der Waals surface area contributed by atoms with Crippen molar-refractivity contribution in [3.05, 3.63) is 144 Å². The van der Waals surface area contributed by atoms with Crippen molar-refractivity contribution < 1.29 is 35.0 Å². The summed E-state index contributed by atoms with van der Waals surface area (Å²) in [4.78, 5) is 10.3. The van der Waals surface area contributed by atoms with Crippen molar-refractivity contribution in [3.63, 3.8) is 0 Å². The van der Waals surface area contributed by atoms with Gasteiger partial charge in [0.15, 0.2) is 0 Å². The number of phenolic OH excluding ortho intramolecular Hbond substituents is 1. The van der Waals surface area contributed by atoms with Crippen LogP contribution >= 0.6 is 0 Å². The first kappa shape index (κ1) is 40.9. The summed E-state index contributed by atoms with van der Waals surface area (Å²) in [7, 11) is 0. The molecule has 0 bridgehead atoms. The number of hydrogen-bond acceptors (Lipinski definition) is 4. The molecule has 0 atom stereocenters. The molecule has 5 aromatic carbocycles. The largest absolute Gasteiger partial charge is 0.507 e. The van der Waals surface area contributed by atoms with E-state index in [0.29, 0.717) is 33.6 Å². The fraction of sp³-hybridized carbons (Fsp3) is 0.255. The number of halogens is 1. The third-order valence-electron chi connectivity index (χ3n) is 11.0. The van der Waals surface area contributed by atoms with Crippen molar-refractivity contribution >= 4 is 22.0 Å². The van der Waals surface area contributed by atoms with Gasteiger partial charge in [0.1, 0.15) is 22.8 Å². The standard InChI is InChI=1S/C51H49FN3O2.Pt/c1-30(2)38-16-13-17-39(31(3)4)48(38)55-43-19-18-41(51(8,9)52)46(47(43)54-49(55)40-27-34-21-23-57-45(34)29-44(40)56)36-24-35(25-37(26-36)50(5,6)7)42-28-33(20-22-53-42)32-14-11-10-12-15-32;/h10-23,25-31,56H,1-9H3;/q-1;. The zero-order valence-electron chi connectivity index (χ0n) is 34.5. The van der Waals surface area contributed by atoms with Crippen LogP contribution in [-0.2, 0) is 32.1 Å². The number of phenols is 1. The molecule has 0 amide bonds. The second-order valence-corrected chi connectivity index (χ2v) is 17.3. The third kappa shape index (κ3) is 7.44. The number of hydrogen-bond donors (Lipinski definition) is 1. The van der Waals surface area contributed by atoms with Gasteiger partial charge < -0.3 is 9.52 Å². The normalized spacial score (nSPS) is 12.2. The zero-order chi connectivity index (χ0) is 40.4. The maximum absolute atomic E-state index is 16.8. The molecule has 298 valence electrons. The summed E-state index contributed by atoms with van der Waals surface area (Å²) in [5, 5.41) is 12.6. The van der Waals surface area contributed by atoms with Gasteiger partial charge in [-0.15, -0.1) is 29.3 Å². The molecule has 5 nitrogen and oxygen atoms in total. The van der Waals surface area contributed by atoms with Crippen molar-refractivity contribution in [1.82, 2.24) is 14.5 Å². The predicted octanol–water partition coefficient (Wildman–Crippen LogP) is 14.1. The molecule has 0 unspecified atom stereocenters. The van der Waals surface area contributed by atoms with Crippen LogP contribution in [0, 0.1) is 6.07 Å². The van der Waals surface area contributed by atoms with Gasteiger partial charge in [-0.2, -0.15) is 0 Å². The Balaban J connectivity index is 0.00000512. The van der Waals surface area contributed by atoms with Crippen LogP contribution in [-0.4, -0.2) is 19.6 Å². The minimum absolute atomic E-state index is 0. The van der Waals surface area contributed by atoms with E-state index in [9.17, 15) is 5.11 Å². The van der Waals surface area contributed by atoms with Crippen molar-refractivity contribution in [2.45, 2.75) is 85.2 Å². The van der Waals surface area contributed by atoms with Gasteiger partial charge in [-0.05, 0) is 88.7 Å². The number of pyridine rings is 1. The first-order valence-corrected chi connectivity index (χ1v) is 19.8. The Kier molecular flexibility index (Phi) is 10.9. The molecule has 0 saturated carbocycles. The van der Waals surface area contributed by atoms with Crippen LogP contribution < -0.4 is 0 Å². The van der Waals surface area contributed by atoms with E-state index in [4.69, 9.17) is 14.4 Å². The van der Waals surface area contributed by atoms with Gasteiger partial charge in [-0.25, -0.2) is 9.37 Å². The monoisotopic (exact) mass is 949 g/mol. The first-order chi connectivity index (χ1) is 27.1. The average molecular weight is 950 g/mol. The van der Waals surface area contributed by atoms with Crippen molar-refractivity contribution in [1.29, 1.82) is 0 Å². The first-order valence-electron chi connectivity index (χ1n) is 19.8. The van der Waals surface area contributed by atoms with Crippen LogP contribution in [0.1, 0.15) is 96.4 Å². The molecule has 0 radical (unpaired) electrons. The molecule has 58 heavy (non-hydrogen) atoms. The quantitative estimate of drug-likeness (QED) is 0.154. The number of aromatic nitrogens is 3. The minimum atomic E-state index is -1.73. The van der Waals surface area contributed by atoms with Crippen molar-refractivity contribution in [2.75, 3.05) is 0 Å². The van der Waals surface area contributed by atoms with E-state index in [-0.39, 0.29) is 44.1 Å². The molecular formula is C51H49FN3O2Pt-. The Morgan fingerprint density at radius 1 is 0.759 bits per heavy atom. The van der Waals surface area contributed by atoms with Crippen LogP contribution in [0.4, 0.5) is 4.39 Å². The molecule has 0 spiro atoms. The van der Waals surface area contributed by atoms with E-state index in [1.807, 2.05) is 54.7 Å². The van der Waals surface area contributed by atoms with Gasteiger partial charge in [0.2, 0.25) is 0 Å². The van der Waals surface area contributed by atoms with Crippen LogP contribution in [0.3, 0.4) is 0 Å². The summed E-state index contributed by atoms with van der Waals surface area (Å²) in [5.41, 5.74) is 10.5. The van der Waals surface area contributed by atoms with Gasteiger partial charge >= 0.3 is 0 Å². The third-order valence-corrected chi connectivity index (χ3v) is 11.0. The van der Waals surface area contributed by atoms with E-state index in [1.54, 1.807) is 26.2 Å². The molecule has 7 heteroatoms. The Morgan fingerprint density at radius 3 is 2.10 bits per heavy atom. The minimum Gasteiger partial charge on any atom is -0.507 e. The molecule has 3 heterocycles. The van der Waals surface area contributed by atoms with Gasteiger partial charge in [-0.3, -0.25) is 9.55 Å². The van der Waals surface area contributed by atoms with E-state index < -0.39 is 5.67 Å². The molecule has 8 aromatic rings. The maximum Gasteiger partial charge on any atom is 0.148 e. The number of furan rings is 1. The molecule has 1 N–H and O–H groups in total. The number of alkyl halides is 1. The molecule has 0 saturated heterocycles. The fourth-order valence-corrected chi connectivity index (χ4v) is 7.93. The van der Waals surface area contributed by atoms with Crippen LogP contribution in [0.25, 0.3) is 72.6 Å². The van der Waals surface area contributed by atoms with Crippen LogP contribution in [0.2, 0.25) is 0 Å². The Hall–Kier alpha value is -5.32. The average Bonchev–Trinajstić information content (AvgIpc) is 3.80. The van der Waals surface area contributed by atoms with Gasteiger partial charge in [-0.1, -0.05) is 115 Å². The Labute approximate surface area is 355 Å². The SMILES string of the molecule is CC(C)c1cccc(C(C)C)c1-n1c(-c2cc3ccoc3cc2O)nc2c(-c3[c-]c(-c4cc(-c5ccccc5)ccn4)cc(C(C)(C)C)c3)c(C(C)(C)F)ccc21.[Pt]. The van der Waals surface area contributed by atoms with Crippen molar-refractivity contribution in [2.24, 2.45) is 0 Å². The summed E-state index contributed by atoms with van der Waals surface area (Å²) < 4.78 is 24.6. The summed E-state index contributed by atoms with van der Waals surface area (Å²) >= 11 is 0. The molecule has 0 aliphatic heterocycles. The number of aromatic hydroxyl groups is 1. The van der Waals surface area contributed by atoms with Gasteiger partial charge in [0.25, 0.3) is 0 Å². The molecule has 0 fully saturated rings. The molecule has 3 aromatic heterocycles. The summed E-state index contributed by atoms with van der Waals surface area (Å²) in [6.07, 6.45) is 3.46. The second-order valence-electron chi connectivity index (χ2n) is 17.3. The number of nitrogens with zero attached hydrogens (tertiary/aromatic N) is 3. The Bertz CT molecular complexity index is 2760. The van der Waals surface area contributed by atoms with E-state index in [1.165, 1.54) is 0 Å². The van der Waals surface area contributed by atoms with Crippen LogP contribution in [0.15, 0.2) is 120 Å². The zero-order valence-corrected chi connectivity index (χ0v) is 36.8. The number of fused-ring (bicyclic) bond motifs is 2. The van der Waals surface area contributed by atoms with Gasteiger partial charge in [0, 0.05) is 44.4 Å². The maximum atomic E-state index is 16.8. The second kappa shape index (κ2) is 15.5. The molecule has 8 rings (SSSR count). The van der Waals surface area contributed by atoms with Gasteiger partial charge in [0.05, 0.1) is 28.5 Å². The topological polar surface area (TPSA) is 64.1 Å². The van der Waals surface area contributed by atoms with E-state index in [2.05, 4.69) is 108 Å². The van der Waals surface area contributed by atoms with Crippen molar-refractivity contribution in [3.8, 4) is 56.3 Å². The number of benzene rings is 5. The molecule has 0 aliphatic carbocycles.